The Morgan fingerprint density at radius 1 is 0.414 bits per heavy atom. The highest BCUT2D eigenvalue weighted by Gasteiger charge is 2.20. The van der Waals surface area contributed by atoms with Crippen LogP contribution in [0.15, 0.2) is 48.6 Å². The van der Waals surface area contributed by atoms with Crippen molar-refractivity contribution in [2.24, 2.45) is 0 Å². The van der Waals surface area contributed by atoms with E-state index in [1.165, 1.54) is 212 Å². The van der Waals surface area contributed by atoms with E-state index in [0.29, 0.717) is 25.9 Å². The second-order valence-electron chi connectivity index (χ2n) is 21.1. The summed E-state index contributed by atoms with van der Waals surface area (Å²) in [5.41, 5.74) is 0. The van der Waals surface area contributed by atoms with Gasteiger partial charge in [-0.1, -0.05) is 268 Å². The Morgan fingerprint density at radius 2 is 0.757 bits per heavy atom. The molecule has 0 rings (SSSR count). The number of aliphatic hydroxyl groups excluding tert-OH is 2. The predicted octanol–water partition coefficient (Wildman–Crippen LogP) is 19.4. The highest BCUT2D eigenvalue weighted by atomic mass is 16.5. The average molecular weight is 983 g/mol. The number of allylic oxidation sites excluding steroid dienone is 8. The summed E-state index contributed by atoms with van der Waals surface area (Å²) in [6, 6.07) is -0.550. The largest absolute Gasteiger partial charge is 0.466 e. The summed E-state index contributed by atoms with van der Waals surface area (Å²) in [7, 11) is 0. The zero-order chi connectivity index (χ0) is 50.7. The van der Waals surface area contributed by atoms with Gasteiger partial charge in [-0.25, -0.2) is 0 Å². The van der Waals surface area contributed by atoms with Crippen molar-refractivity contribution < 1.29 is 24.5 Å². The van der Waals surface area contributed by atoms with E-state index in [1.54, 1.807) is 0 Å². The number of ether oxygens (including phenoxy) is 1. The molecule has 0 aromatic carbocycles. The molecule has 0 saturated heterocycles. The first kappa shape index (κ1) is 67.8. The molecule has 0 radical (unpaired) electrons. The summed E-state index contributed by atoms with van der Waals surface area (Å²) < 4.78 is 5.47. The summed E-state index contributed by atoms with van der Waals surface area (Å²) in [4.78, 5) is 24.6. The lowest BCUT2D eigenvalue weighted by molar-refractivity contribution is -0.143. The highest BCUT2D eigenvalue weighted by molar-refractivity contribution is 5.76. The van der Waals surface area contributed by atoms with Crippen molar-refractivity contribution in [1.29, 1.82) is 0 Å². The first-order valence-corrected chi connectivity index (χ1v) is 30.9. The molecule has 0 heterocycles. The van der Waals surface area contributed by atoms with E-state index < -0.39 is 12.1 Å². The quantitative estimate of drug-likeness (QED) is 0.0244. The molecule has 410 valence electrons. The molecule has 0 aromatic heterocycles. The molecule has 0 bridgehead atoms. The van der Waals surface area contributed by atoms with Crippen molar-refractivity contribution in [2.45, 2.75) is 334 Å². The van der Waals surface area contributed by atoms with Gasteiger partial charge in [0.25, 0.3) is 0 Å². The van der Waals surface area contributed by atoms with E-state index in [-0.39, 0.29) is 18.5 Å². The molecule has 3 N–H and O–H groups in total. The van der Waals surface area contributed by atoms with E-state index in [4.69, 9.17) is 4.74 Å². The maximum atomic E-state index is 12.5. The van der Waals surface area contributed by atoms with Gasteiger partial charge < -0.3 is 20.3 Å². The first-order valence-electron chi connectivity index (χ1n) is 30.9. The van der Waals surface area contributed by atoms with E-state index in [0.717, 1.165) is 77.0 Å². The van der Waals surface area contributed by atoms with Gasteiger partial charge in [-0.2, -0.15) is 0 Å². The number of esters is 1. The van der Waals surface area contributed by atoms with Crippen molar-refractivity contribution in [3.05, 3.63) is 48.6 Å². The lowest BCUT2D eigenvalue weighted by atomic mass is 10.0. The maximum absolute atomic E-state index is 12.5. The minimum Gasteiger partial charge on any atom is -0.466 e. The molecule has 0 aliphatic rings. The van der Waals surface area contributed by atoms with Crippen molar-refractivity contribution >= 4 is 11.9 Å². The normalized spacial score (nSPS) is 12.9. The van der Waals surface area contributed by atoms with Crippen molar-refractivity contribution in [3.8, 4) is 0 Å². The van der Waals surface area contributed by atoms with Gasteiger partial charge in [0, 0.05) is 12.8 Å². The third kappa shape index (κ3) is 55.1. The van der Waals surface area contributed by atoms with Gasteiger partial charge in [0.1, 0.15) is 0 Å². The lowest BCUT2D eigenvalue weighted by Gasteiger charge is -2.22. The Balaban J connectivity index is 3.47. The van der Waals surface area contributed by atoms with E-state index in [1.807, 2.05) is 0 Å². The molecule has 70 heavy (non-hydrogen) atoms. The molecule has 0 spiro atoms. The maximum Gasteiger partial charge on any atom is 0.305 e. The molecule has 1 amide bonds. The zero-order valence-electron chi connectivity index (χ0n) is 46.7. The van der Waals surface area contributed by atoms with Gasteiger partial charge >= 0.3 is 5.97 Å². The number of carbonyl (C=O) groups excluding carboxylic acids is 2. The van der Waals surface area contributed by atoms with Gasteiger partial charge in [0.15, 0.2) is 0 Å². The fourth-order valence-electron chi connectivity index (χ4n) is 9.37. The Labute approximate surface area is 436 Å². The minimum atomic E-state index is -0.672. The number of carbonyl (C=O) groups is 2. The molecule has 2 unspecified atom stereocenters. The minimum absolute atomic E-state index is 0.0172. The second-order valence-corrected chi connectivity index (χ2v) is 21.1. The fourth-order valence-corrected chi connectivity index (χ4v) is 9.37. The molecule has 0 fully saturated rings. The van der Waals surface area contributed by atoms with Crippen LogP contribution in [0.3, 0.4) is 0 Å². The third-order valence-corrected chi connectivity index (χ3v) is 14.1. The summed E-state index contributed by atoms with van der Waals surface area (Å²) in [5.74, 6) is -0.0615. The molecule has 0 aliphatic heterocycles. The molecule has 2 atom stereocenters. The molecular weight excluding hydrogens is 863 g/mol. The van der Waals surface area contributed by atoms with Crippen molar-refractivity contribution in [2.75, 3.05) is 13.2 Å². The fraction of sp³-hybridized carbons (Fsp3) is 0.844. The van der Waals surface area contributed by atoms with Gasteiger partial charge in [0.2, 0.25) is 5.91 Å². The van der Waals surface area contributed by atoms with Crippen LogP contribution in [0, 0.1) is 0 Å². The summed E-state index contributed by atoms with van der Waals surface area (Å²) in [6.45, 7) is 4.90. The number of unbranched alkanes of at least 4 members (excludes halogenated alkanes) is 39. The molecular formula is C64H119NO5. The Bertz CT molecular complexity index is 1180. The van der Waals surface area contributed by atoms with E-state index in [9.17, 15) is 19.8 Å². The van der Waals surface area contributed by atoms with Crippen LogP contribution in [-0.4, -0.2) is 47.4 Å². The van der Waals surface area contributed by atoms with Gasteiger partial charge in [-0.05, 0) is 89.9 Å². The van der Waals surface area contributed by atoms with Crippen LogP contribution in [0.4, 0.5) is 0 Å². The molecule has 0 aromatic rings. The van der Waals surface area contributed by atoms with Crippen molar-refractivity contribution in [1.82, 2.24) is 5.32 Å². The zero-order valence-corrected chi connectivity index (χ0v) is 46.7. The van der Waals surface area contributed by atoms with E-state index in [2.05, 4.69) is 67.8 Å². The summed E-state index contributed by atoms with van der Waals surface area (Å²) in [6.07, 6.45) is 75.4. The summed E-state index contributed by atoms with van der Waals surface area (Å²) >= 11 is 0. The Hall–Kier alpha value is -2.18. The lowest BCUT2D eigenvalue weighted by Crippen LogP contribution is -2.45. The molecule has 0 aliphatic carbocycles. The SMILES string of the molecule is CCCCC/C=C\C/C=C\CCCCCCCCCCCC(=O)OCCCCC/C=C\C=C/CCCCCCCCCCCCC(=O)NC(CO)C(O)CCCCCCCCCCCCCCCCC. The molecule has 6 nitrogen and oxygen atoms in total. The number of hydrogen-bond acceptors (Lipinski definition) is 5. The van der Waals surface area contributed by atoms with Crippen LogP contribution >= 0.6 is 0 Å². The van der Waals surface area contributed by atoms with Crippen molar-refractivity contribution in [3.63, 3.8) is 0 Å². The standard InChI is InChI=1S/C64H119NO5/c1-3-5-7-9-11-13-15-17-19-20-22-26-30-34-38-42-46-50-54-58-64(69)70-59-55-51-47-43-39-35-31-27-24-21-23-25-29-33-37-41-45-49-53-57-63(68)65-61(60-66)62(67)56-52-48-44-40-36-32-28-18-16-14-12-10-8-6-4-2/h11,13,17,19,27,31,35,39,61-62,66-67H,3-10,12,14-16,18,20-26,28-30,32-34,36-38,40-60H2,1-2H3,(H,65,68)/b13-11-,19-17-,31-27-,39-35-. The molecule has 0 saturated carbocycles. The van der Waals surface area contributed by atoms with Crippen LogP contribution in [-0.2, 0) is 14.3 Å². The predicted molar refractivity (Wildman–Crippen MR) is 306 cm³/mol. The van der Waals surface area contributed by atoms with Crippen LogP contribution < -0.4 is 5.32 Å². The van der Waals surface area contributed by atoms with Crippen LogP contribution in [0.5, 0.6) is 0 Å². The number of amides is 1. The monoisotopic (exact) mass is 982 g/mol. The van der Waals surface area contributed by atoms with Crippen LogP contribution in [0.1, 0.15) is 322 Å². The number of nitrogens with one attached hydrogen (secondary N) is 1. The smallest absolute Gasteiger partial charge is 0.305 e. The first-order chi connectivity index (χ1) is 34.5. The van der Waals surface area contributed by atoms with Gasteiger partial charge in [-0.15, -0.1) is 0 Å². The average Bonchev–Trinajstić information content (AvgIpc) is 3.36. The van der Waals surface area contributed by atoms with Gasteiger partial charge in [-0.3, -0.25) is 9.59 Å². The second kappa shape index (κ2) is 59.4. The number of aliphatic hydroxyl groups is 2. The Morgan fingerprint density at radius 3 is 1.20 bits per heavy atom. The highest BCUT2D eigenvalue weighted by Crippen LogP contribution is 2.17. The third-order valence-electron chi connectivity index (χ3n) is 14.1. The number of rotatable bonds is 57. The number of hydrogen-bond donors (Lipinski definition) is 3. The molecule has 6 heteroatoms. The van der Waals surface area contributed by atoms with Gasteiger partial charge in [0.05, 0.1) is 25.4 Å². The van der Waals surface area contributed by atoms with Crippen LogP contribution in [0.25, 0.3) is 0 Å². The van der Waals surface area contributed by atoms with E-state index >= 15 is 0 Å². The summed E-state index contributed by atoms with van der Waals surface area (Å²) in [5, 5.41) is 23.3. The van der Waals surface area contributed by atoms with Crippen LogP contribution in [0.2, 0.25) is 0 Å². The Kier molecular flexibility index (Phi) is 57.5. The topological polar surface area (TPSA) is 95.9 Å².